The van der Waals surface area contributed by atoms with Crippen LogP contribution in [-0.4, -0.2) is 46.2 Å². The first-order chi connectivity index (χ1) is 12.7. The van der Waals surface area contributed by atoms with Gasteiger partial charge in [-0.1, -0.05) is 0 Å². The molecular formula is C20H27FN4O. The summed E-state index contributed by atoms with van der Waals surface area (Å²) in [5.74, 6) is 0.284. The number of benzene rings is 1. The van der Waals surface area contributed by atoms with Crippen LogP contribution in [0.5, 0.6) is 0 Å². The number of aliphatic hydroxyl groups excluding tert-OH is 1. The van der Waals surface area contributed by atoms with Crippen LogP contribution in [0.3, 0.4) is 0 Å². The lowest BCUT2D eigenvalue weighted by Crippen LogP contribution is -2.48. The third-order valence-electron chi connectivity index (χ3n) is 5.77. The number of nitrogens with zero attached hydrogens (tertiary/aromatic N) is 3. The molecule has 2 fully saturated rings. The highest BCUT2D eigenvalue weighted by Crippen LogP contribution is 2.29. The predicted octanol–water partition coefficient (Wildman–Crippen LogP) is 2.42. The summed E-state index contributed by atoms with van der Waals surface area (Å²) in [6.45, 7) is 2.80. The van der Waals surface area contributed by atoms with Crippen LogP contribution in [0.15, 0.2) is 42.7 Å². The quantitative estimate of drug-likeness (QED) is 0.862. The number of rotatable bonds is 5. The fourth-order valence-corrected chi connectivity index (χ4v) is 4.38. The lowest BCUT2D eigenvalue weighted by Gasteiger charge is -2.35. The summed E-state index contributed by atoms with van der Waals surface area (Å²) >= 11 is 0. The normalized spacial score (nSPS) is 27.2. The van der Waals surface area contributed by atoms with Crippen molar-refractivity contribution < 1.29 is 9.50 Å². The number of piperidine rings is 1. The Bertz CT molecular complexity index is 682. The molecule has 5 nitrogen and oxygen atoms in total. The highest BCUT2D eigenvalue weighted by atomic mass is 19.1. The van der Waals surface area contributed by atoms with Gasteiger partial charge in [-0.15, -0.1) is 0 Å². The molecule has 0 bridgehead atoms. The average Bonchev–Trinajstić information content (AvgIpc) is 3.27. The maximum atomic E-state index is 13.1. The standard InChI is InChI=1S/C20H27FN4O/c21-16-2-4-18(5-3-16)24-10-6-17(7-11-24)23-19-12-15(13-20(19)26)14-25-9-1-8-22-25/h1-5,8-9,15,17,19-20,23,26H,6-7,10-14H2/t15?,19-,20-/m1/s1. The third-order valence-corrected chi connectivity index (χ3v) is 5.77. The summed E-state index contributed by atoms with van der Waals surface area (Å²) in [5, 5.41) is 18.4. The smallest absolute Gasteiger partial charge is 0.123 e. The summed E-state index contributed by atoms with van der Waals surface area (Å²) in [7, 11) is 0. The molecule has 140 valence electrons. The van der Waals surface area contributed by atoms with Gasteiger partial charge in [-0.2, -0.15) is 5.10 Å². The van der Waals surface area contributed by atoms with Gasteiger partial charge in [0.05, 0.1) is 6.10 Å². The predicted molar refractivity (Wildman–Crippen MR) is 99.5 cm³/mol. The Kier molecular flexibility index (Phi) is 5.22. The second-order valence-corrected chi connectivity index (χ2v) is 7.64. The number of hydrogen-bond acceptors (Lipinski definition) is 4. The molecule has 0 amide bonds. The molecule has 2 N–H and O–H groups in total. The minimum atomic E-state index is -0.273. The summed E-state index contributed by atoms with van der Waals surface area (Å²) < 4.78 is 15.0. The van der Waals surface area contributed by atoms with Crippen LogP contribution in [0.25, 0.3) is 0 Å². The van der Waals surface area contributed by atoms with Gasteiger partial charge in [0.2, 0.25) is 0 Å². The maximum Gasteiger partial charge on any atom is 0.123 e. The molecule has 1 aliphatic carbocycles. The molecule has 1 unspecified atom stereocenters. The second kappa shape index (κ2) is 7.76. The molecule has 1 saturated heterocycles. The first-order valence-electron chi connectivity index (χ1n) is 9.59. The SMILES string of the molecule is O[C@@H]1CC(Cn2cccn2)C[C@H]1NC1CCN(c2ccc(F)cc2)CC1. The Labute approximate surface area is 153 Å². The minimum absolute atomic E-state index is 0.179. The van der Waals surface area contributed by atoms with Crippen LogP contribution in [-0.2, 0) is 6.54 Å². The van der Waals surface area contributed by atoms with Crippen LogP contribution in [0.2, 0.25) is 0 Å². The summed E-state index contributed by atoms with van der Waals surface area (Å²) in [6, 6.07) is 9.30. The number of halogens is 1. The van der Waals surface area contributed by atoms with E-state index in [-0.39, 0.29) is 18.0 Å². The largest absolute Gasteiger partial charge is 0.391 e. The molecule has 26 heavy (non-hydrogen) atoms. The van der Waals surface area contributed by atoms with E-state index in [2.05, 4.69) is 15.3 Å². The summed E-state index contributed by atoms with van der Waals surface area (Å²) in [5.41, 5.74) is 1.09. The molecular weight excluding hydrogens is 331 g/mol. The van der Waals surface area contributed by atoms with Crippen LogP contribution in [0.1, 0.15) is 25.7 Å². The Balaban J connectivity index is 1.25. The lowest BCUT2D eigenvalue weighted by molar-refractivity contribution is 0.137. The lowest BCUT2D eigenvalue weighted by atomic mass is 10.0. The van der Waals surface area contributed by atoms with Gasteiger partial charge in [0.1, 0.15) is 5.82 Å². The van der Waals surface area contributed by atoms with E-state index in [0.717, 1.165) is 51.0 Å². The van der Waals surface area contributed by atoms with E-state index < -0.39 is 0 Å². The van der Waals surface area contributed by atoms with Crippen molar-refractivity contribution in [2.24, 2.45) is 5.92 Å². The van der Waals surface area contributed by atoms with Gasteiger partial charge >= 0.3 is 0 Å². The van der Waals surface area contributed by atoms with Crippen molar-refractivity contribution in [3.05, 3.63) is 48.5 Å². The van der Waals surface area contributed by atoms with E-state index in [9.17, 15) is 9.50 Å². The molecule has 1 aromatic heterocycles. The molecule has 4 rings (SSSR count). The number of hydrogen-bond donors (Lipinski definition) is 2. The molecule has 2 aliphatic rings. The molecule has 1 aliphatic heterocycles. The topological polar surface area (TPSA) is 53.3 Å². The van der Waals surface area contributed by atoms with Crippen LogP contribution in [0.4, 0.5) is 10.1 Å². The molecule has 6 heteroatoms. The highest BCUT2D eigenvalue weighted by molar-refractivity contribution is 5.46. The van der Waals surface area contributed by atoms with Gasteiger partial charge < -0.3 is 15.3 Å². The third kappa shape index (κ3) is 4.07. The fourth-order valence-electron chi connectivity index (χ4n) is 4.38. The Morgan fingerprint density at radius 3 is 2.62 bits per heavy atom. The van der Waals surface area contributed by atoms with Gasteiger partial charge in [-0.05, 0) is 61.9 Å². The van der Waals surface area contributed by atoms with E-state index in [1.54, 1.807) is 6.20 Å². The molecule has 2 aromatic rings. The Morgan fingerprint density at radius 1 is 1.15 bits per heavy atom. The Morgan fingerprint density at radius 2 is 1.92 bits per heavy atom. The molecule has 3 atom stereocenters. The Hall–Kier alpha value is -1.92. The molecule has 0 radical (unpaired) electrons. The van der Waals surface area contributed by atoms with Crippen molar-refractivity contribution in [2.45, 2.75) is 50.4 Å². The van der Waals surface area contributed by atoms with Gasteiger partial charge in [0.15, 0.2) is 0 Å². The summed E-state index contributed by atoms with van der Waals surface area (Å²) in [4.78, 5) is 2.31. The number of anilines is 1. The van der Waals surface area contributed by atoms with E-state index in [1.807, 2.05) is 29.1 Å². The van der Waals surface area contributed by atoms with Crippen LogP contribution >= 0.6 is 0 Å². The van der Waals surface area contributed by atoms with E-state index in [1.165, 1.54) is 12.1 Å². The fraction of sp³-hybridized carbons (Fsp3) is 0.550. The zero-order chi connectivity index (χ0) is 17.9. The molecule has 1 aromatic carbocycles. The highest BCUT2D eigenvalue weighted by Gasteiger charge is 2.35. The van der Waals surface area contributed by atoms with E-state index in [0.29, 0.717) is 12.0 Å². The zero-order valence-electron chi connectivity index (χ0n) is 15.0. The number of aromatic nitrogens is 2. The number of nitrogens with one attached hydrogen (secondary N) is 1. The van der Waals surface area contributed by atoms with Crippen molar-refractivity contribution in [3.63, 3.8) is 0 Å². The monoisotopic (exact) mass is 358 g/mol. The van der Waals surface area contributed by atoms with Gasteiger partial charge in [-0.3, -0.25) is 4.68 Å². The van der Waals surface area contributed by atoms with Crippen molar-refractivity contribution in [1.82, 2.24) is 15.1 Å². The average molecular weight is 358 g/mol. The van der Waals surface area contributed by atoms with Crippen LogP contribution < -0.4 is 10.2 Å². The first kappa shape index (κ1) is 17.5. The zero-order valence-corrected chi connectivity index (χ0v) is 15.0. The molecule has 1 saturated carbocycles. The van der Waals surface area contributed by atoms with Crippen LogP contribution in [0, 0.1) is 11.7 Å². The molecule has 0 spiro atoms. The first-order valence-corrected chi connectivity index (χ1v) is 9.59. The van der Waals surface area contributed by atoms with Crippen molar-refractivity contribution in [3.8, 4) is 0 Å². The second-order valence-electron chi connectivity index (χ2n) is 7.64. The number of aliphatic hydroxyl groups is 1. The molecule has 2 heterocycles. The summed E-state index contributed by atoms with van der Waals surface area (Å²) in [6.07, 6.45) is 7.44. The minimum Gasteiger partial charge on any atom is -0.391 e. The van der Waals surface area contributed by atoms with Crippen molar-refractivity contribution in [2.75, 3.05) is 18.0 Å². The van der Waals surface area contributed by atoms with Gasteiger partial charge in [0.25, 0.3) is 0 Å². The van der Waals surface area contributed by atoms with E-state index in [4.69, 9.17) is 0 Å². The maximum absolute atomic E-state index is 13.1. The van der Waals surface area contributed by atoms with E-state index >= 15 is 0 Å². The van der Waals surface area contributed by atoms with Gasteiger partial charge in [-0.25, -0.2) is 4.39 Å². The van der Waals surface area contributed by atoms with Crippen molar-refractivity contribution >= 4 is 5.69 Å². The van der Waals surface area contributed by atoms with Crippen molar-refractivity contribution in [1.29, 1.82) is 0 Å². The van der Waals surface area contributed by atoms with Gasteiger partial charge in [0, 0.05) is 49.8 Å².